The topological polar surface area (TPSA) is 92.7 Å². The smallest absolute Gasteiger partial charge is 0.255 e. The van der Waals surface area contributed by atoms with Crippen molar-refractivity contribution >= 4 is 45.6 Å². The molecule has 32 heavy (non-hydrogen) atoms. The van der Waals surface area contributed by atoms with Gasteiger partial charge in [0.2, 0.25) is 0 Å². The van der Waals surface area contributed by atoms with E-state index in [2.05, 4.69) is 5.32 Å². The number of aromatic hydroxyl groups is 1. The van der Waals surface area contributed by atoms with E-state index in [1.54, 1.807) is 23.5 Å². The van der Waals surface area contributed by atoms with Gasteiger partial charge < -0.3 is 15.0 Å². The van der Waals surface area contributed by atoms with E-state index in [0.29, 0.717) is 5.56 Å². The van der Waals surface area contributed by atoms with E-state index in [9.17, 15) is 23.1 Å². The summed E-state index contributed by atoms with van der Waals surface area (Å²) in [4.78, 5) is 13.8. The number of hydrogen-bond donors (Lipinski definition) is 2. The van der Waals surface area contributed by atoms with Crippen LogP contribution in [0.5, 0.6) is 5.75 Å². The number of hydrogen-bond acceptors (Lipinski definition) is 5. The average molecular weight is 468 g/mol. The zero-order valence-electron chi connectivity index (χ0n) is 16.4. The maximum absolute atomic E-state index is 13.2. The van der Waals surface area contributed by atoms with Crippen molar-refractivity contribution < 1.29 is 23.1 Å². The van der Waals surface area contributed by atoms with Gasteiger partial charge in [-0.2, -0.15) is 0 Å². The van der Waals surface area contributed by atoms with Gasteiger partial charge in [-0.25, -0.2) is 4.39 Å². The minimum Gasteiger partial charge on any atom is -0.755 e. The Bertz CT molecular complexity index is 1260. The average Bonchev–Trinajstić information content (AvgIpc) is 3.32. The zero-order chi connectivity index (χ0) is 22.7. The molecule has 0 fully saturated rings. The van der Waals surface area contributed by atoms with E-state index >= 15 is 0 Å². The van der Waals surface area contributed by atoms with Crippen molar-refractivity contribution in [3.63, 3.8) is 0 Å². The number of rotatable bonds is 6. The van der Waals surface area contributed by atoms with Gasteiger partial charge in [-0.3, -0.25) is 13.3 Å². The molecule has 4 aromatic rings. The normalized spacial score (nSPS) is 11.7. The molecule has 3 aromatic carbocycles. The lowest BCUT2D eigenvalue weighted by Crippen LogP contribution is -2.20. The Morgan fingerprint density at radius 1 is 1.03 bits per heavy atom. The number of halogens is 1. The standard InChI is InChI=1S/C23H17FN2O4S2/c24-17-7-10-19(11-8-17)26(32(29)30)20-14-18(9-12-21(20)27)25-23(28)16-5-3-15(4-6-16)22-2-1-13-31-22/h1-14,27H,(H,25,28)(H,29,30)/p-1. The fraction of sp³-hybridized carbons (Fsp3) is 0. The van der Waals surface area contributed by atoms with Crippen LogP contribution in [0.2, 0.25) is 0 Å². The zero-order valence-corrected chi connectivity index (χ0v) is 18.0. The highest BCUT2D eigenvalue weighted by Gasteiger charge is 2.17. The molecule has 6 nitrogen and oxygen atoms in total. The Labute approximate surface area is 190 Å². The van der Waals surface area contributed by atoms with Crippen LogP contribution in [0.4, 0.5) is 21.5 Å². The van der Waals surface area contributed by atoms with Gasteiger partial charge in [-0.1, -0.05) is 18.2 Å². The number of anilines is 3. The van der Waals surface area contributed by atoms with Crippen LogP contribution in [0.15, 0.2) is 84.2 Å². The molecular weight excluding hydrogens is 451 g/mol. The highest BCUT2D eigenvalue weighted by atomic mass is 32.2. The maximum Gasteiger partial charge on any atom is 0.255 e. The maximum atomic E-state index is 13.2. The van der Waals surface area contributed by atoms with Crippen molar-refractivity contribution in [3.05, 3.63) is 95.6 Å². The van der Waals surface area contributed by atoms with Crippen LogP contribution in [0, 0.1) is 5.82 Å². The summed E-state index contributed by atoms with van der Waals surface area (Å²) in [5.41, 5.74) is 1.74. The predicted octanol–water partition coefficient (Wildman–Crippen LogP) is 5.44. The van der Waals surface area contributed by atoms with Crippen molar-refractivity contribution in [2.75, 3.05) is 9.62 Å². The highest BCUT2D eigenvalue weighted by Crippen LogP contribution is 2.36. The molecule has 2 N–H and O–H groups in total. The number of thiophene rings is 1. The largest absolute Gasteiger partial charge is 0.755 e. The molecule has 1 amide bonds. The summed E-state index contributed by atoms with van der Waals surface area (Å²) in [5, 5.41) is 14.9. The second kappa shape index (κ2) is 9.31. The van der Waals surface area contributed by atoms with Gasteiger partial charge >= 0.3 is 0 Å². The number of carbonyl (C=O) groups is 1. The van der Waals surface area contributed by atoms with E-state index in [0.717, 1.165) is 26.9 Å². The number of phenolic OH excluding ortho intramolecular Hbond substituents is 1. The summed E-state index contributed by atoms with van der Waals surface area (Å²) in [6, 6.07) is 19.8. The Hall–Kier alpha value is -3.53. The second-order valence-electron chi connectivity index (χ2n) is 6.70. The first-order chi connectivity index (χ1) is 15.4. The van der Waals surface area contributed by atoms with Crippen LogP contribution in [0.1, 0.15) is 10.4 Å². The van der Waals surface area contributed by atoms with Gasteiger partial charge in [0.15, 0.2) is 0 Å². The lowest BCUT2D eigenvalue weighted by Gasteiger charge is -2.27. The first-order valence-corrected chi connectivity index (χ1v) is 11.3. The van der Waals surface area contributed by atoms with Gasteiger partial charge in [0.1, 0.15) is 11.6 Å². The summed E-state index contributed by atoms with van der Waals surface area (Å²) in [6.45, 7) is 0. The van der Waals surface area contributed by atoms with Gasteiger partial charge in [0, 0.05) is 16.1 Å². The Morgan fingerprint density at radius 2 is 1.75 bits per heavy atom. The Kier molecular flexibility index (Phi) is 6.31. The van der Waals surface area contributed by atoms with Crippen molar-refractivity contribution in [3.8, 4) is 16.2 Å². The lowest BCUT2D eigenvalue weighted by molar-refractivity contribution is 0.102. The molecule has 9 heteroatoms. The van der Waals surface area contributed by atoms with Crippen LogP contribution >= 0.6 is 11.3 Å². The summed E-state index contributed by atoms with van der Waals surface area (Å²) in [6.07, 6.45) is 0. The molecule has 0 aliphatic heterocycles. The number of amides is 1. The molecule has 0 radical (unpaired) electrons. The van der Waals surface area contributed by atoms with Crippen molar-refractivity contribution in [1.29, 1.82) is 0 Å². The quantitative estimate of drug-likeness (QED) is 0.292. The van der Waals surface area contributed by atoms with Crippen LogP contribution in [0.25, 0.3) is 10.4 Å². The van der Waals surface area contributed by atoms with Gasteiger partial charge in [0.25, 0.3) is 5.91 Å². The van der Waals surface area contributed by atoms with E-state index in [1.165, 1.54) is 30.3 Å². The SMILES string of the molecule is O=C(Nc1ccc(O)c(N(c2ccc(F)cc2)S(=O)[O-])c1)c1ccc(-c2cccs2)cc1. The molecule has 162 valence electrons. The minimum atomic E-state index is -2.81. The predicted molar refractivity (Wildman–Crippen MR) is 123 cm³/mol. The number of carbonyl (C=O) groups excluding carboxylic acids is 1. The number of nitrogens with one attached hydrogen (secondary N) is 1. The summed E-state index contributed by atoms with van der Waals surface area (Å²) in [7, 11) is 0. The van der Waals surface area contributed by atoms with E-state index in [1.807, 2.05) is 29.6 Å². The molecule has 1 aromatic heterocycles. The van der Waals surface area contributed by atoms with Gasteiger partial charge in [-0.15, -0.1) is 11.3 Å². The fourth-order valence-corrected chi connectivity index (χ4v) is 4.41. The molecule has 1 heterocycles. The van der Waals surface area contributed by atoms with Crippen molar-refractivity contribution in [1.82, 2.24) is 0 Å². The third kappa shape index (κ3) is 4.70. The van der Waals surface area contributed by atoms with E-state index in [4.69, 9.17) is 0 Å². The third-order valence-corrected chi connectivity index (χ3v) is 6.24. The van der Waals surface area contributed by atoms with Crippen LogP contribution in [0.3, 0.4) is 0 Å². The summed E-state index contributed by atoms with van der Waals surface area (Å²) >= 11 is -1.21. The molecule has 0 aliphatic rings. The monoisotopic (exact) mass is 467 g/mol. The molecule has 1 unspecified atom stereocenters. The number of phenols is 1. The second-order valence-corrected chi connectivity index (χ2v) is 8.45. The van der Waals surface area contributed by atoms with Crippen molar-refractivity contribution in [2.45, 2.75) is 0 Å². The molecule has 0 spiro atoms. The first kappa shape index (κ1) is 21.7. The molecule has 0 saturated heterocycles. The number of benzene rings is 3. The van der Waals surface area contributed by atoms with E-state index in [-0.39, 0.29) is 22.8 Å². The minimum absolute atomic E-state index is 0.0872. The molecule has 0 saturated carbocycles. The van der Waals surface area contributed by atoms with Gasteiger partial charge in [-0.05, 0) is 71.6 Å². The highest BCUT2D eigenvalue weighted by molar-refractivity contribution is 7.81. The molecule has 1 atom stereocenters. The summed E-state index contributed by atoms with van der Waals surface area (Å²) < 4.78 is 37.8. The number of nitrogens with zero attached hydrogens (tertiary/aromatic N) is 1. The van der Waals surface area contributed by atoms with Crippen LogP contribution < -0.4 is 9.62 Å². The molecule has 0 aliphatic carbocycles. The molecule has 4 rings (SSSR count). The van der Waals surface area contributed by atoms with E-state index < -0.39 is 23.0 Å². The summed E-state index contributed by atoms with van der Waals surface area (Å²) in [5.74, 6) is -1.24. The Balaban J connectivity index is 1.58. The van der Waals surface area contributed by atoms with Crippen LogP contribution in [-0.4, -0.2) is 19.8 Å². The van der Waals surface area contributed by atoms with Crippen LogP contribution in [-0.2, 0) is 11.3 Å². The lowest BCUT2D eigenvalue weighted by atomic mass is 10.1. The molecular formula is C23H16FN2O4S2-. The van der Waals surface area contributed by atoms with Gasteiger partial charge in [0.05, 0.1) is 22.6 Å². The third-order valence-electron chi connectivity index (χ3n) is 4.62. The van der Waals surface area contributed by atoms with Crippen molar-refractivity contribution in [2.24, 2.45) is 0 Å². The first-order valence-electron chi connectivity index (χ1n) is 9.36. The molecule has 0 bridgehead atoms. The Morgan fingerprint density at radius 3 is 2.38 bits per heavy atom. The fourth-order valence-electron chi connectivity index (χ4n) is 3.08.